The molecule has 3 heterocycles. The van der Waals surface area contributed by atoms with Crippen LogP contribution in [0.3, 0.4) is 0 Å². The van der Waals surface area contributed by atoms with Crippen LogP contribution < -0.4 is 11.3 Å². The van der Waals surface area contributed by atoms with E-state index in [1.165, 1.54) is 6.07 Å². The van der Waals surface area contributed by atoms with Crippen LogP contribution in [0, 0.1) is 11.8 Å². The third-order valence-corrected chi connectivity index (χ3v) is 9.93. The summed E-state index contributed by atoms with van der Waals surface area (Å²) in [5, 5.41) is 23.1. The highest BCUT2D eigenvalue weighted by Crippen LogP contribution is 2.80. The molecule has 7 nitrogen and oxygen atoms in total. The lowest BCUT2D eigenvalue weighted by Gasteiger charge is -2.54. The van der Waals surface area contributed by atoms with Gasteiger partial charge < -0.3 is 25.4 Å². The Kier molecular flexibility index (Phi) is 3.09. The zero-order valence-electron chi connectivity index (χ0n) is 17.5. The van der Waals surface area contributed by atoms with Crippen molar-refractivity contribution >= 4 is 5.91 Å². The number of hydrogen-bond donors (Lipinski definition) is 4. The summed E-state index contributed by atoms with van der Waals surface area (Å²) < 4.78 is 14.3. The number of aromatic nitrogens is 1. The first-order chi connectivity index (χ1) is 15.2. The van der Waals surface area contributed by atoms with Gasteiger partial charge in [-0.15, -0.1) is 0 Å². The fourth-order valence-corrected chi connectivity index (χ4v) is 8.99. The number of nitrogens with two attached hydrogens (primary N) is 1. The van der Waals surface area contributed by atoms with Crippen LogP contribution in [-0.2, 0) is 24.7 Å². The molecule has 1 saturated carbocycles. The van der Waals surface area contributed by atoms with Gasteiger partial charge in [-0.25, -0.2) is 4.39 Å². The predicted octanol–water partition coefficient (Wildman–Crippen LogP) is 0.301. The van der Waals surface area contributed by atoms with Gasteiger partial charge >= 0.3 is 0 Å². The molecule has 7 rings (SSSR count). The Morgan fingerprint density at radius 1 is 1.25 bits per heavy atom. The summed E-state index contributed by atoms with van der Waals surface area (Å²) >= 11 is 0. The molecule has 2 aromatic rings. The number of pyridine rings is 1. The topological polar surface area (TPSA) is 116 Å². The van der Waals surface area contributed by atoms with Gasteiger partial charge in [0.25, 0.3) is 11.5 Å². The Morgan fingerprint density at radius 2 is 2.06 bits per heavy atom. The minimum Gasteiger partial charge on any atom is -0.508 e. The molecule has 4 unspecified atom stereocenters. The molecule has 1 aromatic carbocycles. The molecule has 2 saturated heterocycles. The van der Waals surface area contributed by atoms with Gasteiger partial charge in [-0.05, 0) is 41.3 Å². The Hall–Kier alpha value is -2.71. The normalized spacial score (nSPS) is 41.4. The summed E-state index contributed by atoms with van der Waals surface area (Å²) in [6.45, 7) is 1.54. The summed E-state index contributed by atoms with van der Waals surface area (Å²) in [6.07, 6.45) is 1.49. The summed E-state index contributed by atoms with van der Waals surface area (Å²) in [5.74, 6) is -0.291. The van der Waals surface area contributed by atoms with Crippen molar-refractivity contribution in [3.8, 4) is 5.75 Å². The second kappa shape index (κ2) is 5.26. The predicted molar refractivity (Wildman–Crippen MR) is 112 cm³/mol. The van der Waals surface area contributed by atoms with Crippen molar-refractivity contribution in [1.29, 1.82) is 0 Å². The number of primary amides is 1. The van der Waals surface area contributed by atoms with Crippen molar-refractivity contribution in [1.82, 2.24) is 4.98 Å². The maximum Gasteiger partial charge on any atom is 0.261 e. The number of amides is 1. The van der Waals surface area contributed by atoms with Crippen molar-refractivity contribution in [3.63, 3.8) is 0 Å². The number of aromatic hydroxyl groups is 1. The lowest BCUT2D eigenvalue weighted by molar-refractivity contribution is -0.833. The number of rotatable bonds is 3. The largest absolute Gasteiger partial charge is 0.508 e. The van der Waals surface area contributed by atoms with E-state index in [2.05, 4.69) is 4.98 Å². The molecule has 1 amide bonds. The maximum absolute atomic E-state index is 13.6. The number of aliphatic hydroxyl groups is 1. The summed E-state index contributed by atoms with van der Waals surface area (Å²) in [4.78, 5) is 27.2. The summed E-state index contributed by atoms with van der Waals surface area (Å²) in [6, 6.07) is 6.94. The van der Waals surface area contributed by atoms with Gasteiger partial charge in [-0.3, -0.25) is 9.59 Å². The molecule has 1 aromatic heterocycles. The molecular formula is C24H25FN3O4+. The van der Waals surface area contributed by atoms with Crippen LogP contribution in [0.1, 0.15) is 32.7 Å². The minimum absolute atomic E-state index is 0.106. The second-order valence-electron chi connectivity index (χ2n) is 10.6. The van der Waals surface area contributed by atoms with E-state index < -0.39 is 34.7 Å². The van der Waals surface area contributed by atoms with Gasteiger partial charge in [0.15, 0.2) is 5.54 Å². The fraction of sp³-hybridized carbons (Fsp3) is 0.500. The quantitative estimate of drug-likeness (QED) is 0.407. The van der Waals surface area contributed by atoms with Gasteiger partial charge in [-0.2, -0.15) is 0 Å². The lowest BCUT2D eigenvalue weighted by atomic mass is 9.53. The number of phenols is 1. The Morgan fingerprint density at radius 3 is 2.81 bits per heavy atom. The number of piperidine rings is 2. The zero-order chi connectivity index (χ0) is 22.3. The highest BCUT2D eigenvalue weighted by molar-refractivity contribution is 5.92. The smallest absolute Gasteiger partial charge is 0.261 e. The number of halogens is 1. The second-order valence-corrected chi connectivity index (χ2v) is 10.6. The van der Waals surface area contributed by atoms with Gasteiger partial charge in [0.05, 0.1) is 6.54 Å². The number of alkyl halides is 1. The van der Waals surface area contributed by atoms with E-state index in [-0.39, 0.29) is 29.6 Å². The number of hydrogen-bond acceptors (Lipinski definition) is 4. The highest BCUT2D eigenvalue weighted by Gasteiger charge is 2.97. The van der Waals surface area contributed by atoms with Crippen LogP contribution in [0.4, 0.5) is 4.39 Å². The molecule has 2 spiro atoms. The molecule has 6 atom stereocenters. The molecule has 5 N–H and O–H groups in total. The molecule has 4 bridgehead atoms. The monoisotopic (exact) mass is 438 g/mol. The number of quaternary nitrogens is 1. The minimum atomic E-state index is -1.16. The molecule has 2 aliphatic heterocycles. The van der Waals surface area contributed by atoms with Gasteiger partial charge in [0.1, 0.15) is 36.7 Å². The average Bonchev–Trinajstić information content (AvgIpc) is 3.30. The third kappa shape index (κ3) is 1.67. The standard InChI is InChI=1S/C24H24FN3O4/c25-3-4-28-10-18-17-6-12-1-2-14(29)7-16(12)22(18)9-19-13(5-15(20(26)30)21(31)27-19)8-24(22,32)23(17,28)11-28/h1-2,5,7,17-18,32H,3-4,6,8-11H2,(H3-,26,27,29,30,31)/p+1/t17?,18?,22-,23?,24+,28?/m1/s1. The van der Waals surface area contributed by atoms with Crippen LogP contribution in [0.5, 0.6) is 5.75 Å². The molecule has 166 valence electrons. The number of nitrogens with one attached hydrogen (secondary N) is 1. The summed E-state index contributed by atoms with van der Waals surface area (Å²) in [7, 11) is 0. The number of carbonyl (C=O) groups excluding carboxylic acids is 1. The van der Waals surface area contributed by atoms with E-state index in [0.29, 0.717) is 23.1 Å². The molecule has 3 fully saturated rings. The van der Waals surface area contributed by atoms with E-state index in [9.17, 15) is 24.2 Å². The Bertz CT molecular complexity index is 1310. The molecule has 5 aliphatic rings. The van der Waals surface area contributed by atoms with E-state index in [4.69, 9.17) is 5.73 Å². The number of phenolic OH excluding ortho intramolecular Hbond substituents is 1. The van der Waals surface area contributed by atoms with Crippen molar-refractivity contribution in [2.75, 3.05) is 26.3 Å². The van der Waals surface area contributed by atoms with Crippen molar-refractivity contribution in [2.24, 2.45) is 17.6 Å². The summed E-state index contributed by atoms with van der Waals surface area (Å²) in [5.41, 5.74) is 6.03. The van der Waals surface area contributed by atoms with Gasteiger partial charge in [0.2, 0.25) is 0 Å². The van der Waals surface area contributed by atoms with E-state index in [1.54, 1.807) is 12.1 Å². The van der Waals surface area contributed by atoms with E-state index >= 15 is 0 Å². The van der Waals surface area contributed by atoms with Crippen molar-refractivity contribution in [3.05, 3.63) is 62.6 Å². The average molecular weight is 438 g/mol. The van der Waals surface area contributed by atoms with Crippen LogP contribution in [0.15, 0.2) is 29.1 Å². The van der Waals surface area contributed by atoms with Crippen molar-refractivity contribution in [2.45, 2.75) is 35.8 Å². The fourth-order valence-electron chi connectivity index (χ4n) is 8.99. The number of fused-ring (bicyclic) bond motifs is 2. The Labute approximate surface area is 183 Å². The van der Waals surface area contributed by atoms with Crippen LogP contribution in [0.25, 0.3) is 0 Å². The van der Waals surface area contributed by atoms with E-state index in [1.807, 2.05) is 6.07 Å². The number of carbonyl (C=O) groups is 1. The molecule has 3 aliphatic carbocycles. The van der Waals surface area contributed by atoms with Crippen LogP contribution in [0.2, 0.25) is 0 Å². The highest BCUT2D eigenvalue weighted by atomic mass is 19.1. The van der Waals surface area contributed by atoms with Crippen LogP contribution >= 0.6 is 0 Å². The van der Waals surface area contributed by atoms with Gasteiger partial charge in [-0.1, -0.05) is 6.07 Å². The molecule has 0 radical (unpaired) electrons. The molecule has 8 heteroatoms. The number of benzene rings is 1. The number of nitrogens with zero attached hydrogens (tertiary/aromatic N) is 1. The first kappa shape index (κ1) is 18.8. The third-order valence-electron chi connectivity index (χ3n) is 9.93. The molecule has 32 heavy (non-hydrogen) atoms. The number of aromatic amines is 1. The van der Waals surface area contributed by atoms with Crippen LogP contribution in [-0.4, -0.2) is 63.0 Å². The van der Waals surface area contributed by atoms with E-state index in [0.717, 1.165) is 36.2 Å². The zero-order valence-corrected chi connectivity index (χ0v) is 17.5. The molecular weight excluding hydrogens is 413 g/mol. The first-order valence-electron chi connectivity index (χ1n) is 11.2. The first-order valence-corrected chi connectivity index (χ1v) is 11.2. The number of H-pyrrole nitrogens is 1. The SMILES string of the molecule is NC(=O)c1cc2c([nH]c1=O)C[C@@]13c4cc(O)ccc4CC4C1C[N+]1(CCF)CC41[C@]3(O)C2. The van der Waals surface area contributed by atoms with Gasteiger partial charge in [0, 0.05) is 35.8 Å². The lowest BCUT2D eigenvalue weighted by Crippen LogP contribution is -2.68. The maximum atomic E-state index is 13.6. The van der Waals surface area contributed by atoms with Crippen molar-refractivity contribution < 1.29 is 23.9 Å². The Balaban J connectivity index is 1.52.